The molecule has 1 N–H and O–H groups in total. The van der Waals surface area contributed by atoms with E-state index in [0.29, 0.717) is 22.7 Å². The predicted molar refractivity (Wildman–Crippen MR) is 135 cm³/mol. The number of ether oxygens (including phenoxy) is 2. The van der Waals surface area contributed by atoms with Crippen LogP contribution >= 0.6 is 11.6 Å². The van der Waals surface area contributed by atoms with Gasteiger partial charge in [-0.05, 0) is 23.9 Å². The van der Waals surface area contributed by atoms with Gasteiger partial charge in [0.2, 0.25) is 17.7 Å². The minimum absolute atomic E-state index is 0.172. The average Bonchev–Trinajstić information content (AvgIpc) is 3.47. The van der Waals surface area contributed by atoms with Crippen molar-refractivity contribution < 1.29 is 24.2 Å². The third-order valence-electron chi connectivity index (χ3n) is 8.18. The molecule has 3 aliphatic rings. The molecule has 1 aromatic heterocycles. The van der Waals surface area contributed by atoms with E-state index in [-0.39, 0.29) is 30.7 Å². The van der Waals surface area contributed by atoms with Crippen LogP contribution in [0.15, 0.2) is 54.7 Å². The summed E-state index contributed by atoms with van der Waals surface area (Å²) >= 11 is 5.90. The Kier molecular flexibility index (Phi) is 5.50. The summed E-state index contributed by atoms with van der Waals surface area (Å²) < 4.78 is 12.3. The molecule has 4 heterocycles. The Morgan fingerprint density at radius 1 is 1.19 bits per heavy atom. The summed E-state index contributed by atoms with van der Waals surface area (Å²) in [6.45, 7) is 2.03. The van der Waals surface area contributed by atoms with Crippen LogP contribution in [0.2, 0.25) is 5.02 Å². The molecule has 5 unspecified atom stereocenters. The van der Waals surface area contributed by atoms with Crippen LogP contribution in [-0.2, 0) is 14.3 Å². The molecule has 0 radical (unpaired) electrons. The number of nitriles is 1. The standard InChI is InChI=1S/C28H24ClN3O5/c1-2-28-21(33)13-27(37-28,11-12-36-22-10-8-17(29)15-31-22)23-24(28)26(35)32(25(23)34)20-9-7-16-5-3-4-6-18(16)19(20)14-30/h3-10,15,21,23-24,33H,2,11-13H2,1H3. The number of rotatable bonds is 6. The van der Waals surface area contributed by atoms with Gasteiger partial charge in [-0.2, -0.15) is 5.26 Å². The number of benzene rings is 2. The van der Waals surface area contributed by atoms with Gasteiger partial charge in [0.15, 0.2) is 0 Å². The van der Waals surface area contributed by atoms with Crippen LogP contribution in [0.25, 0.3) is 10.8 Å². The topological polar surface area (TPSA) is 113 Å². The fourth-order valence-electron chi connectivity index (χ4n) is 6.55. The number of aromatic nitrogens is 1. The third-order valence-corrected chi connectivity index (χ3v) is 8.41. The molecule has 5 atom stereocenters. The Morgan fingerprint density at radius 3 is 2.70 bits per heavy atom. The van der Waals surface area contributed by atoms with Crippen molar-refractivity contribution in [3.8, 4) is 11.9 Å². The van der Waals surface area contributed by atoms with Gasteiger partial charge in [0.05, 0.1) is 46.4 Å². The minimum Gasteiger partial charge on any atom is -0.478 e. The van der Waals surface area contributed by atoms with Crippen LogP contribution < -0.4 is 9.64 Å². The molecular weight excluding hydrogens is 494 g/mol. The van der Waals surface area contributed by atoms with Crippen LogP contribution in [0.4, 0.5) is 5.69 Å². The van der Waals surface area contributed by atoms with E-state index in [4.69, 9.17) is 21.1 Å². The quantitative estimate of drug-likeness (QED) is 0.491. The van der Waals surface area contributed by atoms with Crippen LogP contribution in [0.1, 0.15) is 31.7 Å². The first kappa shape index (κ1) is 23.9. The number of imide groups is 1. The zero-order chi connectivity index (χ0) is 25.9. The molecule has 3 aromatic rings. The normalized spacial score (nSPS) is 30.1. The maximum atomic E-state index is 14.0. The van der Waals surface area contributed by atoms with E-state index in [1.165, 1.54) is 6.20 Å². The smallest absolute Gasteiger partial charge is 0.240 e. The van der Waals surface area contributed by atoms with Crippen LogP contribution in [0.5, 0.6) is 5.88 Å². The highest BCUT2D eigenvalue weighted by molar-refractivity contribution is 6.30. The lowest BCUT2D eigenvalue weighted by atomic mass is 9.64. The molecule has 0 aliphatic carbocycles. The van der Waals surface area contributed by atoms with Gasteiger partial charge in [-0.1, -0.05) is 48.9 Å². The summed E-state index contributed by atoms with van der Waals surface area (Å²) in [6.07, 6.45) is 1.44. The molecule has 0 spiro atoms. The molecule has 2 bridgehead atoms. The number of fused-ring (bicyclic) bond motifs is 6. The first-order valence-electron chi connectivity index (χ1n) is 12.3. The predicted octanol–water partition coefficient (Wildman–Crippen LogP) is 4.02. The van der Waals surface area contributed by atoms with Crippen LogP contribution in [0.3, 0.4) is 0 Å². The summed E-state index contributed by atoms with van der Waals surface area (Å²) in [5.74, 6) is -2.11. The van der Waals surface area contributed by atoms with Crippen molar-refractivity contribution >= 4 is 39.9 Å². The molecular formula is C28H24ClN3O5. The number of aliphatic hydroxyl groups excluding tert-OH is 1. The highest BCUT2D eigenvalue weighted by Gasteiger charge is 2.78. The summed E-state index contributed by atoms with van der Waals surface area (Å²) in [7, 11) is 0. The summed E-state index contributed by atoms with van der Waals surface area (Å²) in [5.41, 5.74) is -1.71. The van der Waals surface area contributed by atoms with Crippen molar-refractivity contribution in [3.63, 3.8) is 0 Å². The van der Waals surface area contributed by atoms with Gasteiger partial charge in [-0.25, -0.2) is 9.88 Å². The molecule has 0 saturated carbocycles. The van der Waals surface area contributed by atoms with Gasteiger partial charge >= 0.3 is 0 Å². The monoisotopic (exact) mass is 517 g/mol. The minimum atomic E-state index is -1.17. The van der Waals surface area contributed by atoms with Gasteiger partial charge in [0.25, 0.3) is 0 Å². The van der Waals surface area contributed by atoms with E-state index in [9.17, 15) is 20.0 Å². The fraction of sp³-hybridized carbons (Fsp3) is 0.357. The highest BCUT2D eigenvalue weighted by Crippen LogP contribution is 2.63. The second-order valence-corrected chi connectivity index (χ2v) is 10.3. The maximum Gasteiger partial charge on any atom is 0.240 e. The van der Waals surface area contributed by atoms with E-state index in [1.54, 1.807) is 30.3 Å². The van der Waals surface area contributed by atoms with E-state index >= 15 is 0 Å². The molecule has 2 amide bonds. The molecule has 8 nitrogen and oxygen atoms in total. The lowest BCUT2D eigenvalue weighted by Gasteiger charge is -2.34. The number of carbonyl (C=O) groups is 2. The van der Waals surface area contributed by atoms with Gasteiger partial charge in [0, 0.05) is 30.5 Å². The second kappa shape index (κ2) is 8.52. The molecule has 37 heavy (non-hydrogen) atoms. The Morgan fingerprint density at radius 2 is 1.97 bits per heavy atom. The van der Waals surface area contributed by atoms with Crippen LogP contribution in [-0.4, -0.2) is 45.8 Å². The van der Waals surface area contributed by atoms with Crippen molar-refractivity contribution in [1.29, 1.82) is 5.26 Å². The van der Waals surface area contributed by atoms with E-state index in [2.05, 4.69) is 11.1 Å². The molecule has 3 fully saturated rings. The average molecular weight is 518 g/mol. The first-order valence-corrected chi connectivity index (χ1v) is 12.7. The Balaban J connectivity index is 1.37. The van der Waals surface area contributed by atoms with E-state index < -0.39 is 41.0 Å². The zero-order valence-electron chi connectivity index (χ0n) is 20.1. The largest absolute Gasteiger partial charge is 0.478 e. The molecule has 2 aromatic carbocycles. The number of halogens is 1. The van der Waals surface area contributed by atoms with Gasteiger partial charge in [0.1, 0.15) is 11.7 Å². The van der Waals surface area contributed by atoms with Gasteiger partial charge in [-0.15, -0.1) is 0 Å². The van der Waals surface area contributed by atoms with E-state index in [0.717, 1.165) is 10.3 Å². The summed E-state index contributed by atoms with van der Waals surface area (Å²) in [4.78, 5) is 33.2. The fourth-order valence-corrected chi connectivity index (χ4v) is 6.67. The van der Waals surface area contributed by atoms with Gasteiger partial charge in [-0.3, -0.25) is 9.59 Å². The van der Waals surface area contributed by atoms with Gasteiger partial charge < -0.3 is 14.6 Å². The highest BCUT2D eigenvalue weighted by atomic mass is 35.5. The Bertz CT molecular complexity index is 1470. The number of aliphatic hydroxyl groups is 1. The number of hydrogen-bond acceptors (Lipinski definition) is 7. The third kappa shape index (κ3) is 3.31. The van der Waals surface area contributed by atoms with Crippen molar-refractivity contribution in [1.82, 2.24) is 4.98 Å². The molecule has 3 saturated heterocycles. The lowest BCUT2D eigenvalue weighted by Crippen LogP contribution is -2.51. The first-order chi connectivity index (χ1) is 17.8. The number of carbonyl (C=O) groups excluding carboxylic acids is 2. The molecule has 188 valence electrons. The zero-order valence-corrected chi connectivity index (χ0v) is 20.8. The number of hydrogen-bond donors (Lipinski definition) is 1. The summed E-state index contributed by atoms with van der Waals surface area (Å²) in [6, 6.07) is 16.3. The van der Waals surface area contributed by atoms with Crippen molar-refractivity contribution in [2.45, 2.75) is 43.5 Å². The number of amides is 2. The number of nitrogens with zero attached hydrogens (tertiary/aromatic N) is 3. The molecule has 3 aliphatic heterocycles. The molecule has 6 rings (SSSR count). The maximum absolute atomic E-state index is 14.0. The van der Waals surface area contributed by atoms with Crippen LogP contribution in [0, 0.1) is 23.2 Å². The lowest BCUT2D eigenvalue weighted by molar-refractivity contribution is -0.137. The second-order valence-electron chi connectivity index (χ2n) is 9.87. The summed E-state index contributed by atoms with van der Waals surface area (Å²) in [5, 5.41) is 23.1. The van der Waals surface area contributed by atoms with Crippen molar-refractivity contribution in [3.05, 3.63) is 65.3 Å². The number of anilines is 1. The Hall–Kier alpha value is -3.51. The Labute approximate surface area is 218 Å². The SMILES string of the molecule is CCC12OC(CCOc3ccc(Cl)cn3)(CC1O)C1C(=O)N(c3ccc4ccccc4c3C#N)C(=O)C12. The number of pyridine rings is 1. The molecule has 9 heteroatoms. The van der Waals surface area contributed by atoms with Crippen molar-refractivity contribution in [2.75, 3.05) is 11.5 Å². The van der Waals surface area contributed by atoms with Crippen molar-refractivity contribution in [2.24, 2.45) is 11.8 Å². The van der Waals surface area contributed by atoms with E-state index in [1.807, 2.05) is 25.1 Å².